The third kappa shape index (κ3) is 3.66. The Morgan fingerprint density at radius 3 is 2.29 bits per heavy atom. The van der Waals surface area contributed by atoms with Crippen molar-refractivity contribution in [1.82, 2.24) is 5.32 Å². The molecule has 0 unspecified atom stereocenters. The van der Waals surface area contributed by atoms with Crippen LogP contribution in [0.2, 0.25) is 0 Å². The van der Waals surface area contributed by atoms with E-state index in [4.69, 9.17) is 15.2 Å². The third-order valence-corrected chi connectivity index (χ3v) is 3.11. The van der Waals surface area contributed by atoms with Crippen molar-refractivity contribution in [1.29, 1.82) is 0 Å². The molecule has 0 saturated heterocycles. The number of benzene rings is 2. The van der Waals surface area contributed by atoms with Crippen LogP contribution in [-0.2, 0) is 6.54 Å². The Hall–Kier alpha value is -2.69. The van der Waals surface area contributed by atoms with E-state index in [2.05, 4.69) is 5.32 Å². The quantitative estimate of drug-likeness (QED) is 0.827. The summed E-state index contributed by atoms with van der Waals surface area (Å²) in [7, 11) is 3.09. The van der Waals surface area contributed by atoms with E-state index in [0.29, 0.717) is 29.3 Å². The number of carbonyl (C=O) groups excluding carboxylic acids is 1. The van der Waals surface area contributed by atoms with Gasteiger partial charge in [-0.2, -0.15) is 0 Å². The molecule has 0 aliphatic heterocycles. The van der Waals surface area contributed by atoms with Gasteiger partial charge in [-0.1, -0.05) is 18.2 Å². The maximum absolute atomic E-state index is 12.2. The Labute approximate surface area is 123 Å². The van der Waals surface area contributed by atoms with Crippen molar-refractivity contribution in [2.45, 2.75) is 6.54 Å². The van der Waals surface area contributed by atoms with Crippen LogP contribution < -0.4 is 20.5 Å². The molecule has 0 spiro atoms. The second-order valence-electron chi connectivity index (χ2n) is 4.48. The average Bonchev–Trinajstić information content (AvgIpc) is 2.53. The maximum atomic E-state index is 12.2. The minimum absolute atomic E-state index is 0.213. The highest BCUT2D eigenvalue weighted by molar-refractivity contribution is 5.95. The highest BCUT2D eigenvalue weighted by atomic mass is 16.5. The van der Waals surface area contributed by atoms with Gasteiger partial charge in [0.1, 0.15) is 11.5 Å². The lowest BCUT2D eigenvalue weighted by atomic mass is 10.1. The van der Waals surface area contributed by atoms with E-state index in [-0.39, 0.29) is 5.91 Å². The number of methoxy groups -OCH3 is 2. The number of amides is 1. The Morgan fingerprint density at radius 1 is 1.10 bits per heavy atom. The molecular formula is C16H18N2O3. The first kappa shape index (κ1) is 14.7. The van der Waals surface area contributed by atoms with Crippen molar-refractivity contribution in [3.63, 3.8) is 0 Å². The molecule has 0 fully saturated rings. The lowest BCUT2D eigenvalue weighted by Crippen LogP contribution is -2.23. The lowest BCUT2D eigenvalue weighted by molar-refractivity contribution is 0.0950. The van der Waals surface area contributed by atoms with Crippen LogP contribution in [0.5, 0.6) is 11.5 Å². The third-order valence-electron chi connectivity index (χ3n) is 3.11. The number of nitrogens with one attached hydrogen (secondary N) is 1. The second-order valence-corrected chi connectivity index (χ2v) is 4.48. The molecule has 0 radical (unpaired) electrons. The van der Waals surface area contributed by atoms with Crippen LogP contribution in [0.25, 0.3) is 0 Å². The predicted molar refractivity (Wildman–Crippen MR) is 81.6 cm³/mol. The van der Waals surface area contributed by atoms with Gasteiger partial charge in [-0.15, -0.1) is 0 Å². The summed E-state index contributed by atoms with van der Waals surface area (Å²) in [6, 6.07) is 12.4. The normalized spacial score (nSPS) is 10.0. The van der Waals surface area contributed by atoms with Gasteiger partial charge in [0.15, 0.2) is 0 Å². The molecule has 110 valence electrons. The Kier molecular flexibility index (Phi) is 4.66. The summed E-state index contributed by atoms with van der Waals surface area (Å²) in [5, 5.41) is 2.83. The van der Waals surface area contributed by atoms with E-state index in [9.17, 15) is 4.79 Å². The summed E-state index contributed by atoms with van der Waals surface area (Å²) in [5.41, 5.74) is 7.85. The monoisotopic (exact) mass is 286 g/mol. The van der Waals surface area contributed by atoms with E-state index >= 15 is 0 Å². The average molecular weight is 286 g/mol. The molecule has 0 aliphatic carbocycles. The number of nitrogen functional groups attached to an aromatic ring is 1. The molecule has 0 aliphatic rings. The lowest BCUT2D eigenvalue weighted by Gasteiger charge is -2.10. The minimum atomic E-state index is -0.213. The summed E-state index contributed by atoms with van der Waals surface area (Å²) in [5.74, 6) is 0.924. The van der Waals surface area contributed by atoms with Gasteiger partial charge < -0.3 is 20.5 Å². The van der Waals surface area contributed by atoms with Crippen LogP contribution in [0, 0.1) is 0 Å². The molecule has 2 aromatic carbocycles. The molecule has 5 nitrogen and oxygen atoms in total. The zero-order chi connectivity index (χ0) is 15.2. The van der Waals surface area contributed by atoms with Crippen LogP contribution in [0.3, 0.4) is 0 Å². The van der Waals surface area contributed by atoms with Gasteiger partial charge in [-0.05, 0) is 23.8 Å². The second kappa shape index (κ2) is 6.65. The van der Waals surface area contributed by atoms with Gasteiger partial charge in [0.25, 0.3) is 5.91 Å². The van der Waals surface area contributed by atoms with Crippen molar-refractivity contribution >= 4 is 11.6 Å². The first-order chi connectivity index (χ1) is 10.1. The fourth-order valence-corrected chi connectivity index (χ4v) is 1.91. The molecule has 3 N–H and O–H groups in total. The number of anilines is 1. The standard InChI is InChI=1S/C16H18N2O3/c1-20-13-7-12(8-14(9-13)21-2)16(19)18-10-11-5-3-4-6-15(11)17/h3-9H,10,17H2,1-2H3,(H,18,19). The summed E-state index contributed by atoms with van der Waals surface area (Å²) in [6.45, 7) is 0.366. The predicted octanol–water partition coefficient (Wildman–Crippen LogP) is 2.22. The highest BCUT2D eigenvalue weighted by Gasteiger charge is 2.10. The smallest absolute Gasteiger partial charge is 0.251 e. The number of carbonyl (C=O) groups is 1. The largest absolute Gasteiger partial charge is 0.497 e. The molecule has 0 aromatic heterocycles. The summed E-state index contributed by atoms with van der Waals surface area (Å²) in [4.78, 5) is 12.2. The van der Waals surface area contributed by atoms with Crippen molar-refractivity contribution in [2.75, 3.05) is 20.0 Å². The molecule has 0 saturated carbocycles. The van der Waals surface area contributed by atoms with Crippen LogP contribution in [0.15, 0.2) is 42.5 Å². The highest BCUT2D eigenvalue weighted by Crippen LogP contribution is 2.22. The number of nitrogens with two attached hydrogens (primary N) is 1. The molecular weight excluding hydrogens is 268 g/mol. The fraction of sp³-hybridized carbons (Fsp3) is 0.188. The molecule has 21 heavy (non-hydrogen) atoms. The van der Waals surface area contributed by atoms with E-state index < -0.39 is 0 Å². The van der Waals surface area contributed by atoms with Gasteiger partial charge in [0.05, 0.1) is 14.2 Å². The Balaban J connectivity index is 2.11. The molecule has 5 heteroatoms. The Morgan fingerprint density at radius 2 is 1.71 bits per heavy atom. The van der Waals surface area contributed by atoms with Crippen LogP contribution in [-0.4, -0.2) is 20.1 Å². The van der Waals surface area contributed by atoms with Crippen molar-refractivity contribution < 1.29 is 14.3 Å². The minimum Gasteiger partial charge on any atom is -0.497 e. The number of ether oxygens (including phenoxy) is 2. The van der Waals surface area contributed by atoms with Gasteiger partial charge >= 0.3 is 0 Å². The van der Waals surface area contributed by atoms with E-state index in [1.54, 1.807) is 38.5 Å². The maximum Gasteiger partial charge on any atom is 0.251 e. The van der Waals surface area contributed by atoms with E-state index in [1.807, 2.05) is 18.2 Å². The topological polar surface area (TPSA) is 73.6 Å². The van der Waals surface area contributed by atoms with Crippen LogP contribution in [0.4, 0.5) is 5.69 Å². The van der Waals surface area contributed by atoms with Gasteiger partial charge in [0.2, 0.25) is 0 Å². The van der Waals surface area contributed by atoms with Crippen LogP contribution >= 0.6 is 0 Å². The van der Waals surface area contributed by atoms with Gasteiger partial charge in [0, 0.05) is 23.9 Å². The number of rotatable bonds is 5. The van der Waals surface area contributed by atoms with Gasteiger partial charge in [-0.3, -0.25) is 4.79 Å². The Bertz CT molecular complexity index is 619. The summed E-state index contributed by atoms with van der Waals surface area (Å²) in [6.07, 6.45) is 0. The first-order valence-electron chi connectivity index (χ1n) is 6.48. The van der Waals surface area contributed by atoms with Crippen LogP contribution in [0.1, 0.15) is 15.9 Å². The summed E-state index contributed by atoms with van der Waals surface area (Å²) < 4.78 is 10.3. The van der Waals surface area contributed by atoms with Gasteiger partial charge in [-0.25, -0.2) is 0 Å². The van der Waals surface area contributed by atoms with E-state index in [0.717, 1.165) is 5.56 Å². The molecule has 0 bridgehead atoms. The fourth-order valence-electron chi connectivity index (χ4n) is 1.91. The molecule has 2 rings (SSSR count). The zero-order valence-corrected chi connectivity index (χ0v) is 12.1. The number of para-hydroxylation sites is 1. The SMILES string of the molecule is COc1cc(OC)cc(C(=O)NCc2ccccc2N)c1. The van der Waals surface area contributed by atoms with Crippen molar-refractivity contribution in [3.8, 4) is 11.5 Å². The van der Waals surface area contributed by atoms with Crippen molar-refractivity contribution in [2.24, 2.45) is 0 Å². The number of hydrogen-bond donors (Lipinski definition) is 2. The summed E-state index contributed by atoms with van der Waals surface area (Å²) >= 11 is 0. The molecule has 2 aromatic rings. The molecule has 0 atom stereocenters. The van der Waals surface area contributed by atoms with Crippen molar-refractivity contribution in [3.05, 3.63) is 53.6 Å². The number of hydrogen-bond acceptors (Lipinski definition) is 4. The first-order valence-corrected chi connectivity index (χ1v) is 6.48. The molecule has 0 heterocycles. The zero-order valence-electron chi connectivity index (χ0n) is 12.1. The van der Waals surface area contributed by atoms with E-state index in [1.165, 1.54) is 0 Å². The molecule has 1 amide bonds.